The molecule has 3 nitrogen and oxygen atoms in total. The molecule has 8 atom stereocenters. The van der Waals surface area contributed by atoms with E-state index in [0.29, 0.717) is 16.7 Å². The highest BCUT2D eigenvalue weighted by Gasteiger charge is 2.59. The third kappa shape index (κ3) is 5.62. The zero-order valence-corrected chi connectivity index (χ0v) is 25.2. The molecule has 0 aromatic rings. The van der Waals surface area contributed by atoms with Crippen molar-refractivity contribution in [3.05, 3.63) is 11.6 Å². The van der Waals surface area contributed by atoms with E-state index in [2.05, 4.69) is 67.2 Å². The molecule has 4 aliphatic carbocycles. The number of allylic oxidation sites excluding steroid dienone is 2. The van der Waals surface area contributed by atoms with Crippen molar-refractivity contribution in [2.45, 2.75) is 105 Å². The molecule has 206 valence electrons. The van der Waals surface area contributed by atoms with Gasteiger partial charge in [-0.25, -0.2) is 0 Å². The van der Waals surface area contributed by atoms with Gasteiger partial charge in [0.1, 0.15) is 0 Å². The van der Waals surface area contributed by atoms with Gasteiger partial charge >= 0.3 is 0 Å². The van der Waals surface area contributed by atoms with Gasteiger partial charge in [-0.3, -0.25) is 4.79 Å². The smallest absolute Gasteiger partial charge is 0.223 e. The van der Waals surface area contributed by atoms with Crippen LogP contribution in [0.1, 0.15) is 105 Å². The van der Waals surface area contributed by atoms with Crippen molar-refractivity contribution in [2.24, 2.45) is 52.3 Å². The number of nitrogens with one attached hydrogen (secondary N) is 1. The van der Waals surface area contributed by atoms with Gasteiger partial charge in [-0.05, 0) is 97.7 Å². The van der Waals surface area contributed by atoms with Crippen LogP contribution in [0.15, 0.2) is 11.6 Å². The van der Waals surface area contributed by atoms with Crippen LogP contribution in [0.5, 0.6) is 0 Å². The highest BCUT2D eigenvalue weighted by molar-refractivity contribution is 5.79. The van der Waals surface area contributed by atoms with Crippen molar-refractivity contribution < 1.29 is 9.28 Å². The van der Waals surface area contributed by atoms with Crippen LogP contribution < -0.4 is 5.32 Å². The zero-order chi connectivity index (χ0) is 26.3. The molecule has 0 aromatic carbocycles. The first-order valence-corrected chi connectivity index (χ1v) is 15.6. The molecule has 0 aliphatic heterocycles. The normalized spacial score (nSPS) is 39.1. The highest BCUT2D eigenvalue weighted by atomic mass is 16.1. The number of hydrogen-bond donors (Lipinski definition) is 1. The monoisotopic (exact) mass is 499 g/mol. The standard InChI is InChI=1S/C33H58N2O/c1-23(2)10-9-11-24(3)28-14-15-29-27-13-12-26-22-25(31(36)34-20-21-35(6,7)8)16-18-32(26,4)30(27)17-19-33(28,29)5/h12,23-25,27-30H,9-11,13-22H2,1-8H3/p+1/t24-,25+,27?,28-,29?,30?,32+,33-/m1/s1. The van der Waals surface area contributed by atoms with Gasteiger partial charge in [0, 0.05) is 5.92 Å². The lowest BCUT2D eigenvalue weighted by atomic mass is 9.46. The molecule has 0 heterocycles. The second-order valence-electron chi connectivity index (χ2n) is 15.5. The summed E-state index contributed by atoms with van der Waals surface area (Å²) >= 11 is 0. The van der Waals surface area contributed by atoms with Gasteiger partial charge in [0.05, 0.1) is 34.2 Å². The van der Waals surface area contributed by atoms with E-state index >= 15 is 0 Å². The summed E-state index contributed by atoms with van der Waals surface area (Å²) in [7, 11) is 6.57. The van der Waals surface area contributed by atoms with Gasteiger partial charge < -0.3 is 9.80 Å². The van der Waals surface area contributed by atoms with E-state index in [1.165, 1.54) is 57.8 Å². The minimum absolute atomic E-state index is 0.185. The zero-order valence-electron chi connectivity index (χ0n) is 25.2. The maximum atomic E-state index is 13.0. The van der Waals surface area contributed by atoms with E-state index in [-0.39, 0.29) is 5.92 Å². The van der Waals surface area contributed by atoms with Crippen LogP contribution in [0.25, 0.3) is 0 Å². The van der Waals surface area contributed by atoms with E-state index in [9.17, 15) is 4.79 Å². The third-order valence-electron chi connectivity index (χ3n) is 11.8. The SMILES string of the molecule is CC(C)CCC[C@@H](C)[C@H]1CCC2C3CC=C4C[C@@H](C(=O)NCC[N+](C)(C)C)CC[C@]4(C)C3CC[C@@]21C. The van der Waals surface area contributed by atoms with Gasteiger partial charge in [0.15, 0.2) is 0 Å². The molecule has 0 radical (unpaired) electrons. The first-order valence-electron chi connectivity index (χ1n) is 15.6. The van der Waals surface area contributed by atoms with Crippen LogP contribution in [0.2, 0.25) is 0 Å². The van der Waals surface area contributed by atoms with Crippen molar-refractivity contribution in [1.29, 1.82) is 0 Å². The summed E-state index contributed by atoms with van der Waals surface area (Å²) in [6.07, 6.45) is 17.2. The molecule has 4 aliphatic rings. The fourth-order valence-electron chi connectivity index (χ4n) is 9.57. The summed E-state index contributed by atoms with van der Waals surface area (Å²) < 4.78 is 0.898. The summed E-state index contributed by atoms with van der Waals surface area (Å²) in [5, 5.41) is 3.26. The quantitative estimate of drug-likeness (QED) is 0.259. The van der Waals surface area contributed by atoms with Crippen molar-refractivity contribution in [3.8, 4) is 0 Å². The Bertz CT molecular complexity index is 809. The lowest BCUT2D eigenvalue weighted by Crippen LogP contribution is -2.51. The Morgan fingerprint density at radius 3 is 2.47 bits per heavy atom. The maximum absolute atomic E-state index is 13.0. The highest BCUT2D eigenvalue weighted by Crippen LogP contribution is 2.67. The van der Waals surface area contributed by atoms with E-state index in [1.807, 2.05) is 0 Å². The van der Waals surface area contributed by atoms with Crippen LogP contribution in [-0.4, -0.2) is 44.6 Å². The summed E-state index contributed by atoms with van der Waals surface area (Å²) in [4.78, 5) is 13.0. The minimum Gasteiger partial charge on any atom is -0.350 e. The van der Waals surface area contributed by atoms with Crippen molar-refractivity contribution >= 4 is 5.91 Å². The lowest BCUT2D eigenvalue weighted by Gasteiger charge is -2.58. The lowest BCUT2D eigenvalue weighted by molar-refractivity contribution is -0.869. The average molecular weight is 500 g/mol. The Labute approximate surface area is 223 Å². The Morgan fingerprint density at radius 2 is 1.78 bits per heavy atom. The summed E-state index contributed by atoms with van der Waals surface area (Å²) in [6.45, 7) is 14.4. The largest absolute Gasteiger partial charge is 0.350 e. The number of nitrogens with zero attached hydrogens (tertiary/aromatic N) is 1. The molecular weight excluding hydrogens is 440 g/mol. The molecule has 3 saturated carbocycles. The topological polar surface area (TPSA) is 29.1 Å². The number of fused-ring (bicyclic) bond motifs is 5. The maximum Gasteiger partial charge on any atom is 0.223 e. The van der Waals surface area contributed by atoms with Crippen LogP contribution in [-0.2, 0) is 4.79 Å². The Morgan fingerprint density at radius 1 is 1.03 bits per heavy atom. The molecule has 1 N–H and O–H groups in total. The molecule has 0 spiro atoms. The fraction of sp³-hybridized carbons (Fsp3) is 0.909. The molecule has 4 rings (SSSR count). The van der Waals surface area contributed by atoms with Crippen LogP contribution in [0, 0.1) is 52.3 Å². The van der Waals surface area contributed by atoms with Crippen molar-refractivity contribution in [2.75, 3.05) is 34.2 Å². The Hall–Kier alpha value is -0.830. The molecule has 3 fully saturated rings. The molecule has 3 heteroatoms. The molecule has 1 amide bonds. The molecule has 36 heavy (non-hydrogen) atoms. The van der Waals surface area contributed by atoms with Gasteiger partial charge in [-0.2, -0.15) is 0 Å². The van der Waals surface area contributed by atoms with Crippen molar-refractivity contribution in [1.82, 2.24) is 5.32 Å². The Balaban J connectivity index is 1.40. The molecule has 0 saturated heterocycles. The number of carbonyl (C=O) groups is 1. The third-order valence-corrected chi connectivity index (χ3v) is 11.8. The number of rotatable bonds is 9. The second-order valence-corrected chi connectivity index (χ2v) is 15.5. The first kappa shape index (κ1) is 28.2. The fourth-order valence-corrected chi connectivity index (χ4v) is 9.57. The summed E-state index contributed by atoms with van der Waals surface area (Å²) in [6, 6.07) is 0. The summed E-state index contributed by atoms with van der Waals surface area (Å²) in [5.41, 5.74) is 2.54. The van der Waals surface area contributed by atoms with E-state index in [1.54, 1.807) is 5.57 Å². The van der Waals surface area contributed by atoms with E-state index in [4.69, 9.17) is 0 Å². The van der Waals surface area contributed by atoms with Crippen LogP contribution in [0.4, 0.5) is 0 Å². The van der Waals surface area contributed by atoms with Crippen molar-refractivity contribution in [3.63, 3.8) is 0 Å². The Kier molecular flexibility index (Phi) is 8.41. The van der Waals surface area contributed by atoms with Gasteiger partial charge in [-0.1, -0.05) is 65.5 Å². The van der Waals surface area contributed by atoms with E-state index in [0.717, 1.165) is 65.9 Å². The predicted molar refractivity (Wildman–Crippen MR) is 152 cm³/mol. The first-order chi connectivity index (χ1) is 16.8. The van der Waals surface area contributed by atoms with Gasteiger partial charge in [-0.15, -0.1) is 0 Å². The average Bonchev–Trinajstić information content (AvgIpc) is 3.14. The minimum atomic E-state index is 0.185. The summed E-state index contributed by atoms with van der Waals surface area (Å²) in [5.74, 6) is 5.77. The predicted octanol–water partition coefficient (Wildman–Crippen LogP) is 7.47. The number of amides is 1. The van der Waals surface area contributed by atoms with E-state index < -0.39 is 0 Å². The van der Waals surface area contributed by atoms with Gasteiger partial charge in [0.25, 0.3) is 0 Å². The van der Waals surface area contributed by atoms with Gasteiger partial charge in [0.2, 0.25) is 5.91 Å². The number of likely N-dealkylation sites (N-methyl/N-ethyl adjacent to an activating group) is 1. The molecule has 0 bridgehead atoms. The molecule has 3 unspecified atom stereocenters. The molecular formula is C33H59N2O+. The second kappa shape index (κ2) is 10.7. The number of hydrogen-bond acceptors (Lipinski definition) is 1. The molecule has 0 aromatic heterocycles. The number of quaternary nitrogens is 1. The van der Waals surface area contributed by atoms with Crippen LogP contribution >= 0.6 is 0 Å². The number of carbonyl (C=O) groups excluding carboxylic acids is 1. The van der Waals surface area contributed by atoms with Crippen LogP contribution in [0.3, 0.4) is 0 Å².